The number of hydrogen-bond donors (Lipinski definition) is 2. The molecule has 1 atom stereocenters. The van der Waals surface area contributed by atoms with Gasteiger partial charge in [-0.05, 0) is 25.3 Å². The summed E-state index contributed by atoms with van der Waals surface area (Å²) in [6.45, 7) is 2.84. The maximum Gasteiger partial charge on any atom is 0.0628 e. The van der Waals surface area contributed by atoms with Crippen molar-refractivity contribution in [1.29, 1.82) is 0 Å². The number of nitrogens with zero attached hydrogens (tertiary/aromatic N) is 2. The lowest BCUT2D eigenvalue weighted by atomic mass is 10.0. The molecule has 1 saturated carbocycles. The lowest BCUT2D eigenvalue weighted by Gasteiger charge is -2.28. The summed E-state index contributed by atoms with van der Waals surface area (Å²) in [5, 5.41) is 17.6. The molecule has 1 fully saturated rings. The van der Waals surface area contributed by atoms with Crippen molar-refractivity contribution in [2.24, 2.45) is 0 Å². The summed E-state index contributed by atoms with van der Waals surface area (Å²) in [6, 6.07) is 10.8. The summed E-state index contributed by atoms with van der Waals surface area (Å²) in [5.74, 6) is 0. The highest BCUT2D eigenvalue weighted by molar-refractivity contribution is 5.61. The summed E-state index contributed by atoms with van der Waals surface area (Å²) in [6.07, 6.45) is 6.34. The van der Waals surface area contributed by atoms with E-state index < -0.39 is 0 Å². The van der Waals surface area contributed by atoms with E-state index in [1.807, 2.05) is 35.3 Å². The van der Waals surface area contributed by atoms with Crippen LogP contribution < -0.4 is 5.32 Å². The molecule has 3 rings (SSSR count). The molecule has 106 valence electrons. The van der Waals surface area contributed by atoms with E-state index in [4.69, 9.17) is 0 Å². The van der Waals surface area contributed by atoms with Gasteiger partial charge in [0, 0.05) is 17.8 Å². The Morgan fingerprint density at radius 2 is 2.05 bits per heavy atom. The molecule has 1 aromatic carbocycles. The summed E-state index contributed by atoms with van der Waals surface area (Å²) in [4.78, 5) is 0. The van der Waals surface area contributed by atoms with Crippen LogP contribution in [0.1, 0.15) is 19.8 Å². The molecule has 1 aliphatic carbocycles. The van der Waals surface area contributed by atoms with Crippen molar-refractivity contribution in [3.8, 4) is 11.1 Å². The van der Waals surface area contributed by atoms with Crippen molar-refractivity contribution in [3.05, 3.63) is 42.7 Å². The minimum atomic E-state index is -0.304. The van der Waals surface area contributed by atoms with Gasteiger partial charge >= 0.3 is 0 Å². The monoisotopic (exact) mass is 271 g/mol. The Kier molecular flexibility index (Phi) is 3.59. The molecule has 0 radical (unpaired) electrons. The van der Waals surface area contributed by atoms with Crippen LogP contribution in [0.2, 0.25) is 0 Å². The van der Waals surface area contributed by atoms with Crippen LogP contribution >= 0.6 is 0 Å². The number of aromatic nitrogens is 2. The zero-order valence-corrected chi connectivity index (χ0v) is 11.8. The molecule has 0 amide bonds. The standard InChI is InChI=1S/C16H21N3O/c1-16(12-20,18-15-7-8-15)11-19-10-14(9-17-19)13-5-3-2-4-6-13/h2-6,9-10,15,18,20H,7-8,11-12H2,1H3. The lowest BCUT2D eigenvalue weighted by molar-refractivity contribution is 0.151. The molecule has 4 heteroatoms. The van der Waals surface area contributed by atoms with E-state index in [-0.39, 0.29) is 12.1 Å². The number of aliphatic hydroxyl groups is 1. The molecule has 0 bridgehead atoms. The van der Waals surface area contributed by atoms with Gasteiger partial charge in [-0.3, -0.25) is 4.68 Å². The molecule has 4 nitrogen and oxygen atoms in total. The van der Waals surface area contributed by atoms with Crippen LogP contribution in [0, 0.1) is 0 Å². The second kappa shape index (κ2) is 5.38. The van der Waals surface area contributed by atoms with Crippen molar-refractivity contribution in [3.63, 3.8) is 0 Å². The topological polar surface area (TPSA) is 50.1 Å². The number of rotatable bonds is 6. The van der Waals surface area contributed by atoms with Crippen LogP contribution in [-0.2, 0) is 6.54 Å². The van der Waals surface area contributed by atoms with Gasteiger partial charge < -0.3 is 10.4 Å². The van der Waals surface area contributed by atoms with E-state index >= 15 is 0 Å². The Balaban J connectivity index is 1.73. The SMILES string of the molecule is CC(CO)(Cn1cc(-c2ccccc2)cn1)NC1CC1. The van der Waals surface area contributed by atoms with Gasteiger partial charge in [-0.25, -0.2) is 0 Å². The minimum Gasteiger partial charge on any atom is -0.394 e. The predicted molar refractivity (Wildman–Crippen MR) is 79.3 cm³/mol. The first-order valence-corrected chi connectivity index (χ1v) is 7.15. The summed E-state index contributed by atoms with van der Waals surface area (Å²) >= 11 is 0. The highest BCUT2D eigenvalue weighted by Crippen LogP contribution is 2.24. The van der Waals surface area contributed by atoms with Crippen LogP contribution in [0.25, 0.3) is 11.1 Å². The highest BCUT2D eigenvalue weighted by atomic mass is 16.3. The Morgan fingerprint density at radius 1 is 1.30 bits per heavy atom. The maximum atomic E-state index is 9.64. The third kappa shape index (κ3) is 3.08. The number of benzene rings is 1. The fourth-order valence-electron chi connectivity index (χ4n) is 2.45. The number of nitrogens with one attached hydrogen (secondary N) is 1. The first-order valence-electron chi connectivity index (χ1n) is 7.15. The minimum absolute atomic E-state index is 0.115. The molecule has 0 spiro atoms. The fraction of sp³-hybridized carbons (Fsp3) is 0.438. The second-order valence-electron chi connectivity index (χ2n) is 5.93. The van der Waals surface area contributed by atoms with Gasteiger partial charge in [-0.1, -0.05) is 30.3 Å². The molecule has 0 aliphatic heterocycles. The molecular weight excluding hydrogens is 250 g/mol. The smallest absolute Gasteiger partial charge is 0.0628 e. The van der Waals surface area contributed by atoms with Crippen molar-refractivity contribution in [2.45, 2.75) is 37.9 Å². The van der Waals surface area contributed by atoms with Gasteiger partial charge in [0.25, 0.3) is 0 Å². The van der Waals surface area contributed by atoms with E-state index in [1.54, 1.807) is 0 Å². The van der Waals surface area contributed by atoms with Gasteiger partial charge in [-0.2, -0.15) is 5.10 Å². The summed E-state index contributed by atoms with van der Waals surface area (Å²) in [5.41, 5.74) is 1.97. The third-order valence-electron chi connectivity index (χ3n) is 3.73. The molecule has 2 N–H and O–H groups in total. The van der Waals surface area contributed by atoms with E-state index in [1.165, 1.54) is 18.4 Å². The molecule has 0 saturated heterocycles. The van der Waals surface area contributed by atoms with E-state index in [9.17, 15) is 5.11 Å². The van der Waals surface area contributed by atoms with E-state index in [0.29, 0.717) is 12.6 Å². The Labute approximate surface area is 119 Å². The first kappa shape index (κ1) is 13.3. The fourth-order valence-corrected chi connectivity index (χ4v) is 2.45. The van der Waals surface area contributed by atoms with Crippen molar-refractivity contribution in [1.82, 2.24) is 15.1 Å². The maximum absolute atomic E-state index is 9.64. The number of aliphatic hydroxyl groups excluding tert-OH is 1. The summed E-state index contributed by atoms with van der Waals surface area (Å²) < 4.78 is 1.91. The Bertz CT molecular complexity index is 562. The number of hydrogen-bond acceptors (Lipinski definition) is 3. The molecule has 20 heavy (non-hydrogen) atoms. The molecule has 1 unspecified atom stereocenters. The van der Waals surface area contributed by atoms with Crippen molar-refractivity contribution in [2.75, 3.05) is 6.61 Å². The third-order valence-corrected chi connectivity index (χ3v) is 3.73. The van der Waals surface area contributed by atoms with Crippen LogP contribution in [0.4, 0.5) is 0 Å². The molecule has 1 heterocycles. The quantitative estimate of drug-likeness (QED) is 0.845. The van der Waals surface area contributed by atoms with Crippen LogP contribution in [0.15, 0.2) is 42.7 Å². The average Bonchev–Trinajstić information content (AvgIpc) is 3.15. The summed E-state index contributed by atoms with van der Waals surface area (Å²) in [7, 11) is 0. The zero-order valence-electron chi connectivity index (χ0n) is 11.8. The Hall–Kier alpha value is -1.65. The van der Waals surface area contributed by atoms with Crippen LogP contribution in [-0.4, -0.2) is 33.1 Å². The Morgan fingerprint density at radius 3 is 2.70 bits per heavy atom. The highest BCUT2D eigenvalue weighted by Gasteiger charge is 2.32. The zero-order chi connectivity index (χ0) is 14.0. The van der Waals surface area contributed by atoms with Crippen LogP contribution in [0.5, 0.6) is 0 Å². The molecule has 1 aliphatic rings. The molecule has 2 aromatic rings. The lowest BCUT2D eigenvalue weighted by Crippen LogP contribution is -2.50. The van der Waals surface area contributed by atoms with Gasteiger partial charge in [0.2, 0.25) is 0 Å². The average molecular weight is 271 g/mol. The van der Waals surface area contributed by atoms with E-state index in [0.717, 1.165) is 5.56 Å². The van der Waals surface area contributed by atoms with Crippen molar-refractivity contribution >= 4 is 0 Å². The van der Waals surface area contributed by atoms with E-state index in [2.05, 4.69) is 29.5 Å². The largest absolute Gasteiger partial charge is 0.394 e. The molecule has 1 aromatic heterocycles. The molecular formula is C16H21N3O. The van der Waals surface area contributed by atoms with Crippen molar-refractivity contribution < 1.29 is 5.11 Å². The van der Waals surface area contributed by atoms with Gasteiger partial charge in [0.15, 0.2) is 0 Å². The predicted octanol–water partition coefficient (Wildman–Crippen LogP) is 2.05. The van der Waals surface area contributed by atoms with Gasteiger partial charge in [0.1, 0.15) is 0 Å². The second-order valence-corrected chi connectivity index (χ2v) is 5.93. The van der Waals surface area contributed by atoms with Crippen LogP contribution in [0.3, 0.4) is 0 Å². The normalized spacial score (nSPS) is 17.9. The van der Waals surface area contributed by atoms with Gasteiger partial charge in [0.05, 0.1) is 24.9 Å². The van der Waals surface area contributed by atoms with Gasteiger partial charge in [-0.15, -0.1) is 0 Å². The first-order chi connectivity index (χ1) is 9.68.